The zero-order valence-electron chi connectivity index (χ0n) is 23.6. The average molecular weight is 556 g/mol. The van der Waals surface area contributed by atoms with Crippen molar-refractivity contribution in [1.82, 2.24) is 0 Å². The molecule has 0 saturated heterocycles. The molecule has 4 heteroatoms. The molecule has 0 aliphatic carbocycles. The highest BCUT2D eigenvalue weighted by molar-refractivity contribution is 8.32. The molecule has 6 aromatic rings. The molecule has 0 aliphatic heterocycles. The van der Waals surface area contributed by atoms with Crippen LogP contribution in [-0.4, -0.2) is 23.9 Å². The maximum atomic E-state index is 11.7. The number of para-hydroxylation sites is 1. The van der Waals surface area contributed by atoms with Crippen LogP contribution in [0.5, 0.6) is 5.75 Å². The van der Waals surface area contributed by atoms with Crippen molar-refractivity contribution < 1.29 is 9.52 Å². The summed E-state index contributed by atoms with van der Waals surface area (Å²) < 4.78 is 6.38. The lowest BCUT2D eigenvalue weighted by atomic mass is 10.00. The summed E-state index contributed by atoms with van der Waals surface area (Å²) in [7, 11) is -0.880. The number of furan rings is 1. The fraction of sp³-hybridized carbons (Fsp3) is 0.0811. The van der Waals surface area contributed by atoms with Crippen molar-refractivity contribution in [2.24, 2.45) is 0 Å². The highest BCUT2D eigenvalue weighted by Crippen LogP contribution is 2.48. The maximum Gasteiger partial charge on any atom is 0.147 e. The zero-order chi connectivity index (χ0) is 28.7. The van der Waals surface area contributed by atoms with Crippen molar-refractivity contribution in [1.29, 1.82) is 0 Å². The molecule has 1 heterocycles. The van der Waals surface area contributed by atoms with Gasteiger partial charge in [-0.3, -0.25) is 0 Å². The predicted octanol–water partition coefficient (Wildman–Crippen LogP) is 10.8. The number of rotatable bonds is 7. The van der Waals surface area contributed by atoms with E-state index in [1.807, 2.05) is 78.9 Å². The highest BCUT2D eigenvalue weighted by atomic mass is 32.3. The zero-order valence-corrected chi connectivity index (χ0v) is 24.4. The SMILES string of the molecule is C=Cc1ccc2oc3cc(N(c4ccc(S(C)(C)C)cc4)c4cccc(-c5ccccc5)c4O)ccc3c2c1C=C. The molecular formula is C37H33NO2S. The Balaban J connectivity index is 1.57. The fourth-order valence-corrected chi connectivity index (χ4v) is 6.38. The van der Waals surface area contributed by atoms with Crippen LogP contribution in [0.25, 0.3) is 45.2 Å². The van der Waals surface area contributed by atoms with Gasteiger partial charge >= 0.3 is 0 Å². The first-order valence-electron chi connectivity index (χ1n) is 13.5. The summed E-state index contributed by atoms with van der Waals surface area (Å²) in [6.45, 7) is 8.01. The van der Waals surface area contributed by atoms with E-state index in [0.717, 1.165) is 55.6 Å². The predicted molar refractivity (Wildman–Crippen MR) is 179 cm³/mol. The average Bonchev–Trinajstić information content (AvgIpc) is 3.36. The quantitative estimate of drug-likeness (QED) is 0.213. The number of fused-ring (bicyclic) bond motifs is 3. The number of phenolic OH excluding ortho intramolecular Hbond substituents is 1. The van der Waals surface area contributed by atoms with Crippen molar-refractivity contribution in [2.75, 3.05) is 23.7 Å². The third-order valence-corrected chi connectivity index (χ3v) is 9.21. The van der Waals surface area contributed by atoms with Gasteiger partial charge in [0.2, 0.25) is 0 Å². The summed E-state index contributed by atoms with van der Waals surface area (Å²) in [5.74, 6) is 0.221. The Hall–Kier alpha value is -4.67. The van der Waals surface area contributed by atoms with Crippen LogP contribution >= 0.6 is 10.0 Å². The Morgan fingerprint density at radius 3 is 2.15 bits per heavy atom. The van der Waals surface area contributed by atoms with Crippen molar-refractivity contribution >= 4 is 61.2 Å². The Morgan fingerprint density at radius 1 is 0.732 bits per heavy atom. The van der Waals surface area contributed by atoms with Crippen LogP contribution in [0, 0.1) is 0 Å². The molecule has 1 aromatic heterocycles. The maximum absolute atomic E-state index is 11.7. The number of hydrogen-bond donors (Lipinski definition) is 1. The van der Waals surface area contributed by atoms with E-state index in [0.29, 0.717) is 5.69 Å². The van der Waals surface area contributed by atoms with E-state index in [2.05, 4.69) is 73.2 Å². The number of benzene rings is 5. The van der Waals surface area contributed by atoms with Crippen molar-refractivity contribution in [3.05, 3.63) is 127 Å². The third-order valence-electron chi connectivity index (χ3n) is 7.52. The molecule has 5 aromatic carbocycles. The minimum atomic E-state index is -0.880. The van der Waals surface area contributed by atoms with Gasteiger partial charge in [0.15, 0.2) is 0 Å². The number of phenols is 1. The molecular weight excluding hydrogens is 522 g/mol. The molecule has 0 spiro atoms. The number of nitrogens with zero attached hydrogens (tertiary/aromatic N) is 1. The van der Waals surface area contributed by atoms with Gasteiger partial charge in [-0.1, -0.05) is 73.8 Å². The lowest BCUT2D eigenvalue weighted by molar-refractivity contribution is 0.478. The van der Waals surface area contributed by atoms with Crippen molar-refractivity contribution in [3.63, 3.8) is 0 Å². The standard InChI is InChI=1S/C37H33NO2S/c1-6-25-16-23-34-36(30(25)7-2)32-22-19-28(24-35(32)40-34)38(27-17-20-29(21-18-27)41(3,4)5)33-15-11-14-31(37(33)39)26-12-9-8-10-13-26/h6-24,39H,1-2H2,3-5H3. The highest BCUT2D eigenvalue weighted by Gasteiger charge is 2.21. The van der Waals surface area contributed by atoms with Crippen LogP contribution < -0.4 is 4.90 Å². The van der Waals surface area contributed by atoms with E-state index >= 15 is 0 Å². The molecule has 6 rings (SSSR count). The van der Waals surface area contributed by atoms with Gasteiger partial charge in [-0.15, -0.1) is 0 Å². The molecule has 0 fully saturated rings. The van der Waals surface area contributed by atoms with E-state index in [9.17, 15) is 5.11 Å². The lowest BCUT2D eigenvalue weighted by Crippen LogP contribution is -2.10. The summed E-state index contributed by atoms with van der Waals surface area (Å²) in [5, 5.41) is 13.7. The molecule has 41 heavy (non-hydrogen) atoms. The largest absolute Gasteiger partial charge is 0.505 e. The third kappa shape index (κ3) is 4.71. The van der Waals surface area contributed by atoms with E-state index in [1.54, 1.807) is 0 Å². The molecule has 204 valence electrons. The van der Waals surface area contributed by atoms with Crippen LogP contribution in [0.2, 0.25) is 0 Å². The minimum absolute atomic E-state index is 0.221. The second kappa shape index (κ2) is 10.4. The van der Waals surface area contributed by atoms with Crippen LogP contribution in [0.1, 0.15) is 11.1 Å². The van der Waals surface area contributed by atoms with Gasteiger partial charge < -0.3 is 14.4 Å². The molecule has 0 amide bonds. The Kier molecular flexibility index (Phi) is 6.72. The molecule has 0 atom stereocenters. The van der Waals surface area contributed by atoms with Gasteiger partial charge in [-0.05, 0) is 88.9 Å². The van der Waals surface area contributed by atoms with Gasteiger partial charge in [0, 0.05) is 28.1 Å². The number of hydrogen-bond acceptors (Lipinski definition) is 3. The smallest absolute Gasteiger partial charge is 0.147 e. The Morgan fingerprint density at radius 2 is 1.46 bits per heavy atom. The van der Waals surface area contributed by atoms with E-state index < -0.39 is 10.0 Å². The van der Waals surface area contributed by atoms with Gasteiger partial charge in [-0.25, -0.2) is 10.0 Å². The van der Waals surface area contributed by atoms with Crippen LogP contribution in [0.4, 0.5) is 17.1 Å². The van der Waals surface area contributed by atoms with Crippen LogP contribution in [0.3, 0.4) is 0 Å². The second-order valence-corrected chi connectivity index (χ2v) is 15.0. The molecule has 0 radical (unpaired) electrons. The first-order valence-corrected chi connectivity index (χ1v) is 16.4. The molecule has 0 unspecified atom stereocenters. The first kappa shape index (κ1) is 26.5. The van der Waals surface area contributed by atoms with E-state index in [1.165, 1.54) is 4.90 Å². The summed E-state index contributed by atoms with van der Waals surface area (Å²) in [5.41, 5.74) is 7.86. The number of anilines is 3. The summed E-state index contributed by atoms with van der Waals surface area (Å²) in [4.78, 5) is 3.42. The Labute approximate surface area is 243 Å². The van der Waals surface area contributed by atoms with Crippen molar-refractivity contribution in [3.8, 4) is 16.9 Å². The normalized spacial score (nSPS) is 12.0. The van der Waals surface area contributed by atoms with Gasteiger partial charge in [0.25, 0.3) is 0 Å². The number of aromatic hydroxyl groups is 1. The Bertz CT molecular complexity index is 1910. The van der Waals surface area contributed by atoms with E-state index in [4.69, 9.17) is 4.42 Å². The van der Waals surface area contributed by atoms with Gasteiger partial charge in [0.1, 0.15) is 16.9 Å². The first-order chi connectivity index (χ1) is 19.8. The van der Waals surface area contributed by atoms with Gasteiger partial charge in [0.05, 0.1) is 11.4 Å². The molecule has 3 nitrogen and oxygen atoms in total. The van der Waals surface area contributed by atoms with Crippen LogP contribution in [-0.2, 0) is 0 Å². The van der Waals surface area contributed by atoms with Gasteiger partial charge in [-0.2, -0.15) is 0 Å². The van der Waals surface area contributed by atoms with Crippen molar-refractivity contribution in [2.45, 2.75) is 4.90 Å². The summed E-state index contributed by atoms with van der Waals surface area (Å²) in [6, 6.07) is 34.8. The minimum Gasteiger partial charge on any atom is -0.505 e. The fourth-order valence-electron chi connectivity index (χ4n) is 5.43. The topological polar surface area (TPSA) is 36.6 Å². The second-order valence-electron chi connectivity index (χ2n) is 10.8. The summed E-state index contributed by atoms with van der Waals surface area (Å²) >= 11 is 0. The van der Waals surface area contributed by atoms with Crippen LogP contribution in [0.15, 0.2) is 126 Å². The monoisotopic (exact) mass is 555 g/mol. The van der Waals surface area contributed by atoms with E-state index in [-0.39, 0.29) is 5.75 Å². The summed E-state index contributed by atoms with van der Waals surface area (Å²) in [6.07, 6.45) is 10.6. The molecule has 0 aliphatic rings. The lowest BCUT2D eigenvalue weighted by Gasteiger charge is -2.29. The molecule has 0 saturated carbocycles. The molecule has 1 N–H and O–H groups in total. The molecule has 0 bridgehead atoms.